The second kappa shape index (κ2) is 5.23. The minimum atomic E-state index is -0.510. The Morgan fingerprint density at radius 2 is 2.32 bits per heavy atom. The van der Waals surface area contributed by atoms with E-state index in [4.69, 9.17) is 15.6 Å². The minimum absolute atomic E-state index is 0.0203. The Balaban J connectivity index is 2.57. The van der Waals surface area contributed by atoms with Crippen molar-refractivity contribution in [3.05, 3.63) is 17.6 Å². The molecule has 2 aromatic rings. The molecule has 7 heteroatoms. The lowest BCUT2D eigenvalue weighted by molar-refractivity contribution is 0.0527. The number of nitrogen functional groups attached to an aromatic ring is 1. The fourth-order valence-corrected chi connectivity index (χ4v) is 1.93. The van der Waals surface area contributed by atoms with E-state index in [9.17, 15) is 4.79 Å². The largest absolute Gasteiger partial charge is 0.462 e. The number of hydrogen-bond acceptors (Lipinski definition) is 6. The van der Waals surface area contributed by atoms with E-state index in [1.807, 2.05) is 0 Å². The van der Waals surface area contributed by atoms with E-state index in [-0.39, 0.29) is 24.5 Å². The molecule has 0 aromatic carbocycles. The molecule has 3 N–H and O–H groups in total. The summed E-state index contributed by atoms with van der Waals surface area (Å²) >= 11 is 0. The third-order valence-corrected chi connectivity index (χ3v) is 2.81. The van der Waals surface area contributed by atoms with Crippen molar-refractivity contribution < 1.29 is 14.6 Å². The second-order valence-electron chi connectivity index (χ2n) is 4.01. The number of carbonyl (C=O) groups is 1. The van der Waals surface area contributed by atoms with Gasteiger partial charge in [-0.1, -0.05) is 0 Å². The lowest BCUT2D eigenvalue weighted by Gasteiger charge is -2.06. The van der Waals surface area contributed by atoms with Crippen LogP contribution in [0, 0.1) is 6.92 Å². The van der Waals surface area contributed by atoms with Crippen molar-refractivity contribution in [2.45, 2.75) is 20.4 Å². The number of imidazole rings is 1. The number of carbonyl (C=O) groups excluding carboxylic acids is 1. The van der Waals surface area contributed by atoms with Gasteiger partial charge < -0.3 is 20.1 Å². The van der Waals surface area contributed by atoms with E-state index in [1.54, 1.807) is 18.4 Å². The van der Waals surface area contributed by atoms with Gasteiger partial charge in [0, 0.05) is 12.7 Å². The molecule has 0 atom stereocenters. The van der Waals surface area contributed by atoms with Crippen LogP contribution in [-0.4, -0.2) is 38.8 Å². The number of ether oxygens (including phenoxy) is 1. The van der Waals surface area contributed by atoms with Crippen LogP contribution in [0.5, 0.6) is 0 Å². The monoisotopic (exact) mass is 264 g/mol. The van der Waals surface area contributed by atoms with E-state index in [1.165, 1.54) is 6.20 Å². The molecule has 0 saturated carbocycles. The first-order valence-corrected chi connectivity index (χ1v) is 5.99. The molecule has 0 aliphatic rings. The van der Waals surface area contributed by atoms with Gasteiger partial charge in [0.15, 0.2) is 5.65 Å². The summed E-state index contributed by atoms with van der Waals surface area (Å²) in [5, 5.41) is 9.02. The third kappa shape index (κ3) is 2.24. The van der Waals surface area contributed by atoms with Crippen LogP contribution < -0.4 is 5.73 Å². The number of esters is 1. The van der Waals surface area contributed by atoms with Gasteiger partial charge in [0.25, 0.3) is 0 Å². The van der Waals surface area contributed by atoms with Gasteiger partial charge in [0.1, 0.15) is 16.9 Å². The summed E-state index contributed by atoms with van der Waals surface area (Å²) in [7, 11) is 0. The quantitative estimate of drug-likeness (QED) is 0.779. The van der Waals surface area contributed by atoms with Crippen molar-refractivity contribution in [1.82, 2.24) is 14.5 Å². The number of aryl methyl sites for hydroxylation is 1. The van der Waals surface area contributed by atoms with Crippen LogP contribution >= 0.6 is 0 Å². The number of anilines is 1. The zero-order valence-electron chi connectivity index (χ0n) is 10.9. The number of aromatic nitrogens is 3. The van der Waals surface area contributed by atoms with E-state index in [0.717, 1.165) is 0 Å². The van der Waals surface area contributed by atoms with Crippen molar-refractivity contribution in [2.24, 2.45) is 0 Å². The summed E-state index contributed by atoms with van der Waals surface area (Å²) in [6, 6.07) is 0. The molecule has 0 amide bonds. The molecule has 0 unspecified atom stereocenters. The predicted octanol–water partition coefficient (Wildman–Crippen LogP) is 0.491. The number of hydrogen-bond donors (Lipinski definition) is 2. The van der Waals surface area contributed by atoms with Gasteiger partial charge in [0.05, 0.1) is 18.9 Å². The molecular weight excluding hydrogens is 248 g/mol. The molecule has 0 radical (unpaired) electrons. The van der Waals surface area contributed by atoms with Gasteiger partial charge >= 0.3 is 5.97 Å². The smallest absolute Gasteiger partial charge is 0.341 e. The third-order valence-electron chi connectivity index (χ3n) is 2.81. The molecular formula is C12H16N4O3. The summed E-state index contributed by atoms with van der Waals surface area (Å²) in [6.07, 6.45) is 1.38. The van der Waals surface area contributed by atoms with Crippen molar-refractivity contribution in [3.8, 4) is 0 Å². The highest BCUT2D eigenvalue weighted by Crippen LogP contribution is 2.23. The first-order valence-electron chi connectivity index (χ1n) is 5.99. The van der Waals surface area contributed by atoms with E-state index >= 15 is 0 Å². The zero-order valence-corrected chi connectivity index (χ0v) is 10.9. The number of aliphatic hydroxyl groups excluding tert-OH is 1. The summed E-state index contributed by atoms with van der Waals surface area (Å²) in [6.45, 7) is 4.15. The molecule has 19 heavy (non-hydrogen) atoms. The number of aliphatic hydroxyl groups is 1. The number of pyridine rings is 1. The van der Waals surface area contributed by atoms with Crippen LogP contribution in [0.1, 0.15) is 23.1 Å². The van der Waals surface area contributed by atoms with Crippen molar-refractivity contribution in [3.63, 3.8) is 0 Å². The molecule has 7 nitrogen and oxygen atoms in total. The molecule has 2 heterocycles. The average Bonchev–Trinajstić information content (AvgIpc) is 2.69. The summed E-state index contributed by atoms with van der Waals surface area (Å²) in [5.41, 5.74) is 7.42. The van der Waals surface area contributed by atoms with Crippen molar-refractivity contribution in [2.75, 3.05) is 18.9 Å². The van der Waals surface area contributed by atoms with Crippen LogP contribution in [0.3, 0.4) is 0 Å². The molecule has 2 aromatic heterocycles. The van der Waals surface area contributed by atoms with Crippen LogP contribution in [-0.2, 0) is 11.3 Å². The number of fused-ring (bicyclic) bond motifs is 1. The van der Waals surface area contributed by atoms with E-state index < -0.39 is 5.97 Å². The number of rotatable bonds is 4. The zero-order chi connectivity index (χ0) is 14.0. The van der Waals surface area contributed by atoms with Crippen LogP contribution in [0.15, 0.2) is 6.20 Å². The van der Waals surface area contributed by atoms with Gasteiger partial charge in [0.2, 0.25) is 0 Å². The van der Waals surface area contributed by atoms with Crippen LogP contribution in [0.2, 0.25) is 0 Å². The summed E-state index contributed by atoms with van der Waals surface area (Å²) < 4.78 is 6.66. The normalized spacial score (nSPS) is 10.9. The maximum atomic E-state index is 11.7. The molecule has 0 saturated heterocycles. The fourth-order valence-electron chi connectivity index (χ4n) is 1.93. The maximum absolute atomic E-state index is 11.7. The Morgan fingerprint density at radius 1 is 1.58 bits per heavy atom. The Kier molecular flexibility index (Phi) is 3.66. The van der Waals surface area contributed by atoms with Crippen molar-refractivity contribution >= 4 is 22.8 Å². The summed E-state index contributed by atoms with van der Waals surface area (Å²) in [5.74, 6) is 0.174. The Bertz CT molecular complexity index is 621. The van der Waals surface area contributed by atoms with Gasteiger partial charge in [-0.05, 0) is 13.8 Å². The van der Waals surface area contributed by atoms with Crippen molar-refractivity contribution in [1.29, 1.82) is 0 Å². The van der Waals surface area contributed by atoms with Crippen LogP contribution in [0.25, 0.3) is 11.2 Å². The standard InChI is InChI=1S/C12H16N4O3/c1-3-19-12(18)8-6-14-11-10(9(8)13)15-7(2)16(11)4-5-17/h6,17H,3-5H2,1-2H3,(H2,13,14). The molecule has 0 aliphatic heterocycles. The van der Waals surface area contributed by atoms with Crippen LogP contribution in [0.4, 0.5) is 5.69 Å². The Hall–Kier alpha value is -2.15. The van der Waals surface area contributed by atoms with E-state index in [2.05, 4.69) is 9.97 Å². The van der Waals surface area contributed by atoms with E-state index in [0.29, 0.717) is 23.5 Å². The lowest BCUT2D eigenvalue weighted by Crippen LogP contribution is -2.10. The number of nitrogens with two attached hydrogens (primary N) is 1. The predicted molar refractivity (Wildman–Crippen MR) is 69.7 cm³/mol. The molecule has 0 aliphatic carbocycles. The van der Waals surface area contributed by atoms with Gasteiger partial charge in [-0.25, -0.2) is 14.8 Å². The second-order valence-corrected chi connectivity index (χ2v) is 4.01. The first-order chi connectivity index (χ1) is 9.10. The molecule has 0 fully saturated rings. The van der Waals surface area contributed by atoms with Gasteiger partial charge in [-0.15, -0.1) is 0 Å². The minimum Gasteiger partial charge on any atom is -0.462 e. The average molecular weight is 264 g/mol. The fraction of sp³-hybridized carbons (Fsp3) is 0.417. The molecule has 2 rings (SSSR count). The van der Waals surface area contributed by atoms with Gasteiger partial charge in [-0.3, -0.25) is 0 Å². The first kappa shape index (κ1) is 13.3. The van der Waals surface area contributed by atoms with Gasteiger partial charge in [-0.2, -0.15) is 0 Å². The topological polar surface area (TPSA) is 103 Å². The Morgan fingerprint density at radius 3 is 2.95 bits per heavy atom. The Labute approximate surface area is 110 Å². The summed E-state index contributed by atoms with van der Waals surface area (Å²) in [4.78, 5) is 20.2. The molecule has 102 valence electrons. The highest BCUT2D eigenvalue weighted by molar-refractivity contribution is 6.02. The molecule has 0 bridgehead atoms. The lowest BCUT2D eigenvalue weighted by atomic mass is 10.2. The highest BCUT2D eigenvalue weighted by Gasteiger charge is 2.18. The number of nitrogens with zero attached hydrogens (tertiary/aromatic N) is 3. The highest BCUT2D eigenvalue weighted by atomic mass is 16.5. The SMILES string of the molecule is CCOC(=O)c1cnc2c(nc(C)n2CCO)c1N. The molecule has 0 spiro atoms. The maximum Gasteiger partial charge on any atom is 0.341 e.